The van der Waals surface area contributed by atoms with Gasteiger partial charge in [0.1, 0.15) is 30.0 Å². The Bertz CT molecular complexity index is 1550. The molecule has 2 amide bonds. The summed E-state index contributed by atoms with van der Waals surface area (Å²) in [6.07, 6.45) is -3.22. The third-order valence-electron chi connectivity index (χ3n) is 9.00. The van der Waals surface area contributed by atoms with Crippen LogP contribution in [-0.4, -0.2) is 73.1 Å². The molecular weight excluding hydrogens is 600 g/mol. The van der Waals surface area contributed by atoms with Crippen LogP contribution in [0.3, 0.4) is 0 Å². The van der Waals surface area contributed by atoms with Crippen LogP contribution in [0.5, 0.6) is 0 Å². The standard InChI is InChI=1S/C37H40N2O8/c1-5-43-35(42)29(26-21-28(40)39(4)34(26)41)30(38)32-33-31(46-36(2,3)47-33)27(45-32)22-44-37(23-15-9-6-10-16-23,24-17-11-7-12-18-24)25-19-13-8-14-20-25/h6-20,26-27,31-33H,5,21-22,38H2,1-4H3. The molecule has 3 aliphatic heterocycles. The number of likely N-dealkylation sites (tertiary alicyclic amines) is 1. The first kappa shape index (κ1) is 32.6. The normalized spacial score (nSPS) is 25.9. The number of benzene rings is 3. The number of nitrogens with zero attached hydrogens (tertiary/aromatic N) is 1. The summed E-state index contributed by atoms with van der Waals surface area (Å²) in [6.45, 7) is 5.36. The van der Waals surface area contributed by atoms with Crippen molar-refractivity contribution in [2.75, 3.05) is 20.3 Å². The van der Waals surface area contributed by atoms with Crippen molar-refractivity contribution in [1.29, 1.82) is 0 Å². The summed E-state index contributed by atoms with van der Waals surface area (Å²) in [5.74, 6) is -3.80. The second kappa shape index (κ2) is 13.0. The average molecular weight is 641 g/mol. The van der Waals surface area contributed by atoms with E-state index in [1.165, 1.54) is 7.05 Å². The van der Waals surface area contributed by atoms with Crippen molar-refractivity contribution in [3.8, 4) is 0 Å². The van der Waals surface area contributed by atoms with Crippen LogP contribution >= 0.6 is 0 Å². The van der Waals surface area contributed by atoms with Gasteiger partial charge in [0.25, 0.3) is 0 Å². The lowest BCUT2D eigenvalue weighted by Crippen LogP contribution is -2.39. The highest BCUT2D eigenvalue weighted by Crippen LogP contribution is 2.45. The molecule has 5 unspecified atom stereocenters. The maximum atomic E-state index is 13.3. The van der Waals surface area contributed by atoms with E-state index < -0.39 is 59.5 Å². The van der Waals surface area contributed by atoms with Gasteiger partial charge >= 0.3 is 5.97 Å². The van der Waals surface area contributed by atoms with Gasteiger partial charge in [-0.25, -0.2) is 4.79 Å². The minimum absolute atomic E-state index is 0.0239. The summed E-state index contributed by atoms with van der Waals surface area (Å²) in [5, 5.41) is 0. The molecule has 3 aliphatic rings. The van der Waals surface area contributed by atoms with E-state index in [0.717, 1.165) is 21.6 Å². The number of amides is 2. The molecule has 0 aromatic heterocycles. The smallest absolute Gasteiger partial charge is 0.336 e. The number of nitrogens with two attached hydrogens (primary N) is 1. The zero-order valence-electron chi connectivity index (χ0n) is 27.0. The van der Waals surface area contributed by atoms with Crippen LogP contribution in [0.4, 0.5) is 0 Å². The zero-order valence-corrected chi connectivity index (χ0v) is 27.0. The molecule has 0 aliphatic carbocycles. The summed E-state index contributed by atoms with van der Waals surface area (Å²) >= 11 is 0. The summed E-state index contributed by atoms with van der Waals surface area (Å²) < 4.78 is 31.6. The minimum Gasteiger partial charge on any atom is -0.463 e. The molecule has 0 spiro atoms. The molecule has 3 heterocycles. The van der Waals surface area contributed by atoms with Gasteiger partial charge in [0, 0.05) is 13.5 Å². The molecule has 10 heteroatoms. The summed E-state index contributed by atoms with van der Waals surface area (Å²) in [6, 6.07) is 29.9. The lowest BCUT2D eigenvalue weighted by atomic mass is 9.80. The molecular formula is C37H40N2O8. The molecule has 6 rings (SSSR count). The number of hydrogen-bond donors (Lipinski definition) is 1. The Hall–Kier alpha value is -4.35. The van der Waals surface area contributed by atoms with E-state index in [0.29, 0.717) is 0 Å². The zero-order chi connectivity index (χ0) is 33.3. The molecule has 47 heavy (non-hydrogen) atoms. The molecule has 3 fully saturated rings. The quantitative estimate of drug-likeness (QED) is 0.151. The molecule has 3 aromatic rings. The lowest BCUT2D eigenvalue weighted by Gasteiger charge is -2.37. The van der Waals surface area contributed by atoms with E-state index >= 15 is 0 Å². The maximum Gasteiger partial charge on any atom is 0.336 e. The van der Waals surface area contributed by atoms with E-state index in [1.54, 1.807) is 20.8 Å². The SMILES string of the molecule is CCOC(=O)C(=C(N)C1OC(COC(c2ccccc2)(c2ccccc2)c2ccccc2)C2OC(C)(C)OC12)C1CC(=O)N(C)C1=O. The minimum atomic E-state index is -1.10. The monoisotopic (exact) mass is 640 g/mol. The Morgan fingerprint density at radius 3 is 1.87 bits per heavy atom. The number of ether oxygens (including phenoxy) is 5. The van der Waals surface area contributed by atoms with E-state index in [1.807, 2.05) is 91.0 Å². The third kappa shape index (κ3) is 5.98. The largest absolute Gasteiger partial charge is 0.463 e. The van der Waals surface area contributed by atoms with Gasteiger partial charge < -0.3 is 29.4 Å². The first-order valence-electron chi connectivity index (χ1n) is 15.9. The predicted molar refractivity (Wildman–Crippen MR) is 171 cm³/mol. The fourth-order valence-corrected chi connectivity index (χ4v) is 6.85. The second-order valence-corrected chi connectivity index (χ2v) is 12.4. The molecule has 3 aromatic carbocycles. The summed E-state index contributed by atoms with van der Waals surface area (Å²) in [4.78, 5) is 39.9. The first-order valence-corrected chi connectivity index (χ1v) is 15.9. The molecule has 0 bridgehead atoms. The van der Waals surface area contributed by atoms with E-state index in [-0.39, 0.29) is 30.9 Å². The van der Waals surface area contributed by atoms with Crippen LogP contribution in [0.15, 0.2) is 102 Å². The molecule has 3 saturated heterocycles. The molecule has 246 valence electrons. The average Bonchev–Trinajstić information content (AvgIpc) is 3.66. The number of rotatable bonds is 10. The third-order valence-corrected chi connectivity index (χ3v) is 9.00. The Morgan fingerprint density at radius 2 is 1.40 bits per heavy atom. The van der Waals surface area contributed by atoms with Crippen LogP contribution < -0.4 is 5.73 Å². The second-order valence-electron chi connectivity index (χ2n) is 12.4. The van der Waals surface area contributed by atoms with Crippen molar-refractivity contribution < 1.29 is 38.1 Å². The van der Waals surface area contributed by atoms with Crippen molar-refractivity contribution >= 4 is 17.8 Å². The van der Waals surface area contributed by atoms with Crippen LogP contribution in [0, 0.1) is 5.92 Å². The van der Waals surface area contributed by atoms with Crippen LogP contribution in [0.25, 0.3) is 0 Å². The van der Waals surface area contributed by atoms with Crippen LogP contribution in [0.1, 0.15) is 43.9 Å². The Balaban J connectivity index is 1.40. The lowest BCUT2D eigenvalue weighted by molar-refractivity contribution is -0.191. The topological polar surface area (TPSA) is 127 Å². The van der Waals surface area contributed by atoms with E-state index in [9.17, 15) is 14.4 Å². The van der Waals surface area contributed by atoms with Crippen LogP contribution in [0.2, 0.25) is 0 Å². The number of hydrogen-bond acceptors (Lipinski definition) is 9. The van der Waals surface area contributed by atoms with Gasteiger partial charge in [0.15, 0.2) is 5.79 Å². The van der Waals surface area contributed by atoms with Crippen molar-refractivity contribution in [3.63, 3.8) is 0 Å². The number of carbonyl (C=O) groups is 3. The van der Waals surface area contributed by atoms with Crippen molar-refractivity contribution in [1.82, 2.24) is 4.90 Å². The predicted octanol–water partition coefficient (Wildman–Crippen LogP) is 4.06. The summed E-state index contributed by atoms with van der Waals surface area (Å²) in [7, 11) is 1.38. The van der Waals surface area contributed by atoms with Gasteiger partial charge in [-0.3, -0.25) is 14.5 Å². The number of esters is 1. The fraction of sp³-hybridized carbons (Fsp3) is 0.378. The fourth-order valence-electron chi connectivity index (χ4n) is 6.85. The van der Waals surface area contributed by atoms with Gasteiger partial charge in [0.05, 0.1) is 30.4 Å². The molecule has 0 saturated carbocycles. The molecule has 10 nitrogen and oxygen atoms in total. The van der Waals surface area contributed by atoms with E-state index in [4.69, 9.17) is 29.4 Å². The van der Waals surface area contributed by atoms with E-state index in [2.05, 4.69) is 0 Å². The Labute approximate surface area is 274 Å². The summed E-state index contributed by atoms with van der Waals surface area (Å²) in [5.41, 5.74) is 8.37. The number of fused-ring (bicyclic) bond motifs is 1. The highest BCUT2D eigenvalue weighted by atomic mass is 16.8. The van der Waals surface area contributed by atoms with Gasteiger partial charge in [-0.05, 0) is 37.5 Å². The van der Waals surface area contributed by atoms with Gasteiger partial charge in [-0.2, -0.15) is 0 Å². The van der Waals surface area contributed by atoms with Gasteiger partial charge in [-0.15, -0.1) is 0 Å². The van der Waals surface area contributed by atoms with Gasteiger partial charge in [0.2, 0.25) is 11.8 Å². The first-order chi connectivity index (χ1) is 22.6. The highest BCUT2D eigenvalue weighted by molar-refractivity contribution is 6.09. The number of carbonyl (C=O) groups excluding carboxylic acids is 3. The molecule has 0 radical (unpaired) electrons. The van der Waals surface area contributed by atoms with Gasteiger partial charge in [-0.1, -0.05) is 91.0 Å². The number of imide groups is 1. The highest BCUT2D eigenvalue weighted by Gasteiger charge is 2.58. The van der Waals surface area contributed by atoms with Crippen molar-refractivity contribution in [2.45, 2.75) is 63.0 Å². The van der Waals surface area contributed by atoms with Crippen LogP contribution in [-0.2, 0) is 43.7 Å². The van der Waals surface area contributed by atoms with Crippen molar-refractivity contribution in [3.05, 3.63) is 119 Å². The maximum absolute atomic E-state index is 13.3. The van der Waals surface area contributed by atoms with Crippen molar-refractivity contribution in [2.24, 2.45) is 11.7 Å². The Kier molecular flexibility index (Phi) is 9.04. The molecule has 2 N–H and O–H groups in total. The Morgan fingerprint density at radius 1 is 0.894 bits per heavy atom. The molecule has 5 atom stereocenters.